The second kappa shape index (κ2) is 7.66. The van der Waals surface area contributed by atoms with E-state index < -0.39 is 0 Å². The van der Waals surface area contributed by atoms with Crippen molar-refractivity contribution in [3.8, 4) is 0 Å². The summed E-state index contributed by atoms with van der Waals surface area (Å²) in [5.41, 5.74) is 2.26. The molecule has 2 amide bonds. The fraction of sp³-hybridized carbons (Fsp3) is 0.632. The summed E-state index contributed by atoms with van der Waals surface area (Å²) in [6, 6.07) is 8.01. The molecular weight excluding hydrogens is 272 g/mol. The summed E-state index contributed by atoms with van der Waals surface area (Å²) < 4.78 is 0. The molecular formula is C19H30N2O. The van der Waals surface area contributed by atoms with E-state index in [1.807, 2.05) is 12.1 Å². The minimum atomic E-state index is -0.0979. The molecule has 1 aliphatic carbocycles. The van der Waals surface area contributed by atoms with Gasteiger partial charge in [-0.25, -0.2) is 4.79 Å². The van der Waals surface area contributed by atoms with Gasteiger partial charge in [0.25, 0.3) is 0 Å². The largest absolute Gasteiger partial charge is 0.338 e. The Balaban J connectivity index is 1.72. The maximum Gasteiger partial charge on any atom is 0.319 e. The average molecular weight is 302 g/mol. The summed E-state index contributed by atoms with van der Waals surface area (Å²) in [4.78, 5) is 11.9. The third-order valence-corrected chi connectivity index (χ3v) is 4.57. The number of nitrogens with one attached hydrogen (secondary N) is 2. The standard InChI is InChI=1S/C19H30N2O/c1-19(2,3)16-9-11-17(12-10-16)21-18(22)20-14-13-15-7-5-4-6-8-15/h9-12,15H,4-8,13-14H2,1-3H3,(H2,20,21,22). The van der Waals surface area contributed by atoms with Crippen LogP contribution in [-0.4, -0.2) is 12.6 Å². The molecule has 0 heterocycles. The number of rotatable bonds is 4. The molecule has 1 aliphatic rings. The molecule has 1 aromatic rings. The van der Waals surface area contributed by atoms with Crippen LogP contribution in [0.2, 0.25) is 0 Å². The first-order chi connectivity index (χ1) is 10.4. The van der Waals surface area contributed by atoms with Crippen LogP contribution in [0.4, 0.5) is 10.5 Å². The normalized spacial score (nSPS) is 16.3. The zero-order valence-electron chi connectivity index (χ0n) is 14.2. The monoisotopic (exact) mass is 302 g/mol. The van der Waals surface area contributed by atoms with Crippen LogP contribution < -0.4 is 10.6 Å². The van der Waals surface area contributed by atoms with E-state index in [-0.39, 0.29) is 11.4 Å². The van der Waals surface area contributed by atoms with Crippen molar-refractivity contribution in [1.29, 1.82) is 0 Å². The average Bonchev–Trinajstić information content (AvgIpc) is 2.48. The molecule has 0 spiro atoms. The van der Waals surface area contributed by atoms with Crippen LogP contribution in [0.15, 0.2) is 24.3 Å². The number of carbonyl (C=O) groups is 1. The van der Waals surface area contributed by atoms with Crippen molar-refractivity contribution in [2.24, 2.45) is 5.92 Å². The highest BCUT2D eigenvalue weighted by Gasteiger charge is 2.14. The summed E-state index contributed by atoms with van der Waals surface area (Å²) in [6.07, 6.45) is 7.87. The van der Waals surface area contributed by atoms with Crippen molar-refractivity contribution in [3.63, 3.8) is 0 Å². The fourth-order valence-corrected chi connectivity index (χ4v) is 3.09. The molecule has 1 fully saturated rings. The molecule has 3 nitrogen and oxygen atoms in total. The van der Waals surface area contributed by atoms with E-state index in [1.54, 1.807) is 0 Å². The number of hydrogen-bond donors (Lipinski definition) is 2. The maximum absolute atomic E-state index is 11.9. The summed E-state index contributed by atoms with van der Waals surface area (Å²) in [5.74, 6) is 0.806. The van der Waals surface area contributed by atoms with Gasteiger partial charge >= 0.3 is 6.03 Å². The van der Waals surface area contributed by atoms with Crippen molar-refractivity contribution in [3.05, 3.63) is 29.8 Å². The Labute approximate surface area is 134 Å². The maximum atomic E-state index is 11.9. The van der Waals surface area contributed by atoms with Gasteiger partial charge in [0.15, 0.2) is 0 Å². The van der Waals surface area contributed by atoms with Gasteiger partial charge in [-0.05, 0) is 35.4 Å². The molecule has 22 heavy (non-hydrogen) atoms. The number of anilines is 1. The van der Waals surface area contributed by atoms with E-state index >= 15 is 0 Å². The molecule has 0 aromatic heterocycles. The van der Waals surface area contributed by atoms with E-state index in [4.69, 9.17) is 0 Å². The molecule has 0 bridgehead atoms. The van der Waals surface area contributed by atoms with Crippen molar-refractivity contribution in [2.75, 3.05) is 11.9 Å². The third kappa shape index (κ3) is 5.36. The highest BCUT2D eigenvalue weighted by molar-refractivity contribution is 5.89. The molecule has 2 N–H and O–H groups in total. The number of carbonyl (C=O) groups excluding carboxylic acids is 1. The minimum Gasteiger partial charge on any atom is -0.338 e. The summed E-state index contributed by atoms with van der Waals surface area (Å²) in [5, 5.41) is 5.88. The lowest BCUT2D eigenvalue weighted by atomic mass is 9.87. The second-order valence-corrected chi connectivity index (χ2v) is 7.50. The number of benzene rings is 1. The summed E-state index contributed by atoms with van der Waals surface area (Å²) >= 11 is 0. The topological polar surface area (TPSA) is 41.1 Å². The molecule has 1 aromatic carbocycles. The van der Waals surface area contributed by atoms with Crippen molar-refractivity contribution < 1.29 is 4.79 Å². The van der Waals surface area contributed by atoms with Crippen LogP contribution in [-0.2, 0) is 5.41 Å². The lowest BCUT2D eigenvalue weighted by molar-refractivity contribution is 0.250. The molecule has 0 saturated heterocycles. The Bertz CT molecular complexity index is 467. The van der Waals surface area contributed by atoms with Gasteiger partial charge in [-0.3, -0.25) is 0 Å². The molecule has 1 saturated carbocycles. The van der Waals surface area contributed by atoms with Crippen LogP contribution in [0, 0.1) is 5.92 Å². The van der Waals surface area contributed by atoms with Crippen molar-refractivity contribution in [2.45, 2.75) is 64.7 Å². The zero-order chi connectivity index (χ0) is 16.0. The second-order valence-electron chi connectivity index (χ2n) is 7.50. The molecule has 0 atom stereocenters. The van der Waals surface area contributed by atoms with Gasteiger partial charge in [0.1, 0.15) is 0 Å². The third-order valence-electron chi connectivity index (χ3n) is 4.57. The molecule has 0 radical (unpaired) electrons. The molecule has 2 rings (SSSR count). The van der Waals surface area contributed by atoms with Gasteiger partial charge in [-0.15, -0.1) is 0 Å². The predicted molar refractivity (Wildman–Crippen MR) is 93.4 cm³/mol. The SMILES string of the molecule is CC(C)(C)c1ccc(NC(=O)NCCC2CCCCC2)cc1. The van der Waals surface area contributed by atoms with E-state index in [0.717, 1.165) is 24.6 Å². The zero-order valence-corrected chi connectivity index (χ0v) is 14.2. The van der Waals surface area contributed by atoms with Gasteiger partial charge in [0.05, 0.1) is 0 Å². The lowest BCUT2D eigenvalue weighted by Crippen LogP contribution is -2.30. The smallest absolute Gasteiger partial charge is 0.319 e. The van der Waals surface area contributed by atoms with Gasteiger partial charge in [0.2, 0.25) is 0 Å². The quantitative estimate of drug-likeness (QED) is 0.800. The Kier molecular flexibility index (Phi) is 5.87. The van der Waals surface area contributed by atoms with Crippen LogP contribution in [0.25, 0.3) is 0 Å². The molecule has 0 unspecified atom stereocenters. The molecule has 0 aliphatic heterocycles. The number of urea groups is 1. The van der Waals surface area contributed by atoms with E-state index in [2.05, 4.69) is 43.5 Å². The van der Waals surface area contributed by atoms with Crippen LogP contribution >= 0.6 is 0 Å². The van der Waals surface area contributed by atoms with E-state index in [0.29, 0.717) is 0 Å². The Morgan fingerprint density at radius 3 is 2.32 bits per heavy atom. The number of amides is 2. The van der Waals surface area contributed by atoms with Gasteiger partial charge < -0.3 is 10.6 Å². The highest BCUT2D eigenvalue weighted by atomic mass is 16.2. The fourth-order valence-electron chi connectivity index (χ4n) is 3.09. The number of hydrogen-bond acceptors (Lipinski definition) is 1. The summed E-state index contributed by atoms with van der Waals surface area (Å²) in [6.45, 7) is 7.34. The first kappa shape index (κ1) is 16.9. The Morgan fingerprint density at radius 1 is 1.09 bits per heavy atom. The van der Waals surface area contributed by atoms with E-state index in [9.17, 15) is 4.79 Å². The van der Waals surface area contributed by atoms with Crippen LogP contribution in [0.1, 0.15) is 64.9 Å². The minimum absolute atomic E-state index is 0.0979. The highest BCUT2D eigenvalue weighted by Crippen LogP contribution is 2.26. The molecule has 122 valence electrons. The Hall–Kier alpha value is -1.51. The van der Waals surface area contributed by atoms with Gasteiger partial charge in [0, 0.05) is 12.2 Å². The first-order valence-corrected chi connectivity index (χ1v) is 8.60. The van der Waals surface area contributed by atoms with E-state index in [1.165, 1.54) is 37.7 Å². The molecule has 3 heteroatoms. The van der Waals surface area contributed by atoms with Gasteiger partial charge in [-0.1, -0.05) is 65.0 Å². The lowest BCUT2D eigenvalue weighted by Gasteiger charge is -2.21. The first-order valence-electron chi connectivity index (χ1n) is 8.60. The predicted octanol–water partition coefficient (Wildman–Crippen LogP) is 5.08. The van der Waals surface area contributed by atoms with Gasteiger partial charge in [-0.2, -0.15) is 0 Å². The van der Waals surface area contributed by atoms with Crippen LogP contribution in [0.3, 0.4) is 0 Å². The Morgan fingerprint density at radius 2 is 1.73 bits per heavy atom. The van der Waals surface area contributed by atoms with Crippen LogP contribution in [0.5, 0.6) is 0 Å². The van der Waals surface area contributed by atoms with Crippen molar-refractivity contribution in [1.82, 2.24) is 5.32 Å². The summed E-state index contributed by atoms with van der Waals surface area (Å²) in [7, 11) is 0. The van der Waals surface area contributed by atoms with Crippen molar-refractivity contribution >= 4 is 11.7 Å².